The fourth-order valence-corrected chi connectivity index (χ4v) is 3.64. The van der Waals surface area contributed by atoms with Crippen LogP contribution in [0.1, 0.15) is 24.5 Å². The molecule has 1 N–H and O–H groups in total. The number of likely N-dealkylation sites (N-methyl/N-ethyl adjacent to an activating group) is 1. The fourth-order valence-electron chi connectivity index (χ4n) is 3.64. The molecule has 0 aliphatic rings. The van der Waals surface area contributed by atoms with E-state index in [1.54, 1.807) is 11.9 Å². The van der Waals surface area contributed by atoms with Crippen LogP contribution < -0.4 is 10.1 Å². The fraction of sp³-hybridized carbons (Fsp3) is 0.280. The van der Waals surface area contributed by atoms with Crippen LogP contribution in [-0.2, 0) is 16.1 Å². The predicted octanol–water partition coefficient (Wildman–Crippen LogP) is 4.08. The highest BCUT2D eigenvalue weighted by atomic mass is 16.5. The predicted molar refractivity (Wildman–Crippen MR) is 119 cm³/mol. The summed E-state index contributed by atoms with van der Waals surface area (Å²) in [5, 5.41) is 4.68. The number of carbonyl (C=O) groups is 2. The molecule has 0 heterocycles. The van der Waals surface area contributed by atoms with Gasteiger partial charge in [0.1, 0.15) is 11.8 Å². The second-order valence-corrected chi connectivity index (χ2v) is 7.31. The normalized spacial score (nSPS) is 11.7. The molecule has 5 nitrogen and oxygen atoms in total. The van der Waals surface area contributed by atoms with E-state index >= 15 is 0 Å². The largest absolute Gasteiger partial charge is 0.483 e. The maximum Gasteiger partial charge on any atom is 0.261 e. The molecule has 0 saturated heterocycles. The summed E-state index contributed by atoms with van der Waals surface area (Å²) in [6.07, 6.45) is 0.519. The standard InChI is InChI=1S/C25H28N2O3/c1-4-22(25(29)26-3)27(16-19-10-7-9-18(2)15-19)24(28)17-30-23-14-8-12-20-11-5-6-13-21(20)23/h5-15,22H,4,16-17H2,1-3H3,(H,26,29)/t22-/m1/s1. The summed E-state index contributed by atoms with van der Waals surface area (Å²) in [6, 6.07) is 21.1. The molecule has 0 unspecified atom stereocenters. The van der Waals surface area contributed by atoms with Crippen molar-refractivity contribution in [3.8, 4) is 5.75 Å². The quantitative estimate of drug-likeness (QED) is 0.615. The molecule has 0 fully saturated rings. The van der Waals surface area contributed by atoms with Gasteiger partial charge in [0.05, 0.1) is 0 Å². The van der Waals surface area contributed by atoms with Crippen molar-refractivity contribution < 1.29 is 14.3 Å². The van der Waals surface area contributed by atoms with Gasteiger partial charge in [-0.25, -0.2) is 0 Å². The summed E-state index contributed by atoms with van der Waals surface area (Å²) in [5.41, 5.74) is 2.09. The van der Waals surface area contributed by atoms with Crippen LogP contribution in [0.4, 0.5) is 0 Å². The molecule has 3 rings (SSSR count). The Labute approximate surface area is 177 Å². The van der Waals surface area contributed by atoms with Gasteiger partial charge in [-0.3, -0.25) is 9.59 Å². The number of nitrogens with one attached hydrogen (secondary N) is 1. The SMILES string of the molecule is CC[C@H](C(=O)NC)N(Cc1cccc(C)c1)C(=O)COc1cccc2ccccc12. The van der Waals surface area contributed by atoms with E-state index in [0.29, 0.717) is 18.7 Å². The second-order valence-electron chi connectivity index (χ2n) is 7.31. The topological polar surface area (TPSA) is 58.6 Å². The summed E-state index contributed by atoms with van der Waals surface area (Å²) in [4.78, 5) is 27.2. The molecular formula is C25H28N2O3. The van der Waals surface area contributed by atoms with E-state index in [-0.39, 0.29) is 18.4 Å². The van der Waals surface area contributed by atoms with Crippen molar-refractivity contribution in [1.29, 1.82) is 0 Å². The van der Waals surface area contributed by atoms with E-state index in [9.17, 15) is 9.59 Å². The minimum absolute atomic E-state index is 0.132. The van der Waals surface area contributed by atoms with Gasteiger partial charge in [-0.05, 0) is 30.4 Å². The third-order valence-corrected chi connectivity index (χ3v) is 5.17. The van der Waals surface area contributed by atoms with Crippen molar-refractivity contribution in [3.05, 3.63) is 77.9 Å². The lowest BCUT2D eigenvalue weighted by Gasteiger charge is -2.30. The number of ether oxygens (including phenoxy) is 1. The van der Waals surface area contributed by atoms with E-state index in [4.69, 9.17) is 4.74 Å². The molecule has 0 aromatic heterocycles. The van der Waals surface area contributed by atoms with Crippen LogP contribution in [-0.4, -0.2) is 36.4 Å². The first-order valence-corrected chi connectivity index (χ1v) is 10.2. The van der Waals surface area contributed by atoms with Crippen LogP contribution in [0.25, 0.3) is 10.8 Å². The van der Waals surface area contributed by atoms with Gasteiger partial charge in [-0.2, -0.15) is 0 Å². The van der Waals surface area contributed by atoms with E-state index in [1.165, 1.54) is 0 Å². The molecule has 0 bridgehead atoms. The number of hydrogen-bond acceptors (Lipinski definition) is 3. The number of amides is 2. The van der Waals surface area contributed by atoms with Crippen molar-refractivity contribution in [2.24, 2.45) is 0 Å². The first kappa shape index (κ1) is 21.4. The highest BCUT2D eigenvalue weighted by Crippen LogP contribution is 2.25. The van der Waals surface area contributed by atoms with Gasteiger partial charge in [0.15, 0.2) is 6.61 Å². The number of aryl methyl sites for hydroxylation is 1. The number of fused-ring (bicyclic) bond motifs is 1. The maximum absolute atomic E-state index is 13.2. The Bertz CT molecular complexity index is 1030. The van der Waals surface area contributed by atoms with Crippen molar-refractivity contribution in [3.63, 3.8) is 0 Å². The van der Waals surface area contributed by atoms with Gasteiger partial charge in [0.2, 0.25) is 5.91 Å². The first-order chi connectivity index (χ1) is 14.5. The van der Waals surface area contributed by atoms with Gasteiger partial charge < -0.3 is 15.0 Å². The van der Waals surface area contributed by atoms with Crippen LogP contribution >= 0.6 is 0 Å². The number of rotatable bonds is 8. The van der Waals surface area contributed by atoms with Gasteiger partial charge in [-0.1, -0.05) is 73.2 Å². The molecular weight excluding hydrogens is 376 g/mol. The zero-order chi connectivity index (χ0) is 21.5. The van der Waals surface area contributed by atoms with E-state index in [2.05, 4.69) is 5.32 Å². The molecule has 0 aliphatic heterocycles. The van der Waals surface area contributed by atoms with Crippen LogP contribution in [0.15, 0.2) is 66.7 Å². The Balaban J connectivity index is 1.82. The molecule has 0 radical (unpaired) electrons. The molecule has 30 heavy (non-hydrogen) atoms. The molecule has 0 spiro atoms. The highest BCUT2D eigenvalue weighted by Gasteiger charge is 2.28. The number of hydrogen-bond donors (Lipinski definition) is 1. The molecule has 2 amide bonds. The smallest absolute Gasteiger partial charge is 0.261 e. The number of carbonyl (C=O) groups excluding carboxylic acids is 2. The van der Waals surface area contributed by atoms with E-state index in [0.717, 1.165) is 21.9 Å². The highest BCUT2D eigenvalue weighted by molar-refractivity contribution is 5.90. The summed E-state index contributed by atoms with van der Waals surface area (Å²) in [6.45, 7) is 4.13. The average Bonchev–Trinajstić information content (AvgIpc) is 2.77. The minimum atomic E-state index is -0.556. The molecule has 0 aliphatic carbocycles. The van der Waals surface area contributed by atoms with E-state index < -0.39 is 6.04 Å². The van der Waals surface area contributed by atoms with Gasteiger partial charge in [-0.15, -0.1) is 0 Å². The summed E-state index contributed by atoms with van der Waals surface area (Å²) < 4.78 is 5.91. The Morgan fingerprint density at radius 2 is 1.77 bits per heavy atom. The third kappa shape index (κ3) is 4.98. The maximum atomic E-state index is 13.2. The Kier molecular flexibility index (Phi) is 7.07. The van der Waals surface area contributed by atoms with Crippen molar-refractivity contribution in [2.75, 3.05) is 13.7 Å². The lowest BCUT2D eigenvalue weighted by atomic mass is 10.1. The van der Waals surface area contributed by atoms with Crippen molar-refractivity contribution in [2.45, 2.75) is 32.9 Å². The van der Waals surface area contributed by atoms with E-state index in [1.807, 2.05) is 80.6 Å². The lowest BCUT2D eigenvalue weighted by molar-refractivity contribution is -0.142. The third-order valence-electron chi connectivity index (χ3n) is 5.17. The first-order valence-electron chi connectivity index (χ1n) is 10.2. The Hall–Kier alpha value is -3.34. The second kappa shape index (κ2) is 9.92. The van der Waals surface area contributed by atoms with Crippen LogP contribution in [0.2, 0.25) is 0 Å². The van der Waals surface area contributed by atoms with Crippen LogP contribution in [0, 0.1) is 6.92 Å². The molecule has 5 heteroatoms. The molecule has 3 aromatic rings. The average molecular weight is 405 g/mol. The Morgan fingerprint density at radius 3 is 2.50 bits per heavy atom. The summed E-state index contributed by atoms with van der Waals surface area (Å²) in [5.74, 6) is 0.258. The molecule has 1 atom stereocenters. The van der Waals surface area contributed by atoms with Crippen molar-refractivity contribution in [1.82, 2.24) is 10.2 Å². The Morgan fingerprint density at radius 1 is 1.03 bits per heavy atom. The zero-order valence-corrected chi connectivity index (χ0v) is 17.7. The lowest BCUT2D eigenvalue weighted by Crippen LogP contribution is -2.49. The summed E-state index contributed by atoms with van der Waals surface area (Å²) in [7, 11) is 1.59. The number of benzene rings is 3. The molecule has 0 saturated carbocycles. The number of nitrogens with zero attached hydrogens (tertiary/aromatic N) is 1. The van der Waals surface area contributed by atoms with Crippen LogP contribution in [0.5, 0.6) is 5.75 Å². The van der Waals surface area contributed by atoms with Gasteiger partial charge >= 0.3 is 0 Å². The molecule has 3 aromatic carbocycles. The van der Waals surface area contributed by atoms with Gasteiger partial charge in [0.25, 0.3) is 5.91 Å². The minimum Gasteiger partial charge on any atom is -0.483 e. The molecule has 156 valence electrons. The zero-order valence-electron chi connectivity index (χ0n) is 17.7. The van der Waals surface area contributed by atoms with Crippen molar-refractivity contribution >= 4 is 22.6 Å². The summed E-state index contributed by atoms with van der Waals surface area (Å²) >= 11 is 0. The van der Waals surface area contributed by atoms with Crippen LogP contribution in [0.3, 0.4) is 0 Å². The monoisotopic (exact) mass is 404 g/mol. The van der Waals surface area contributed by atoms with Gasteiger partial charge in [0, 0.05) is 19.0 Å².